The number of halogens is 2. The molecule has 0 aliphatic rings. The maximum atomic E-state index is 12.2. The second kappa shape index (κ2) is 7.26. The summed E-state index contributed by atoms with van der Waals surface area (Å²) in [6, 6.07) is 4.06. The van der Waals surface area contributed by atoms with Crippen LogP contribution < -0.4 is 0 Å². The first kappa shape index (κ1) is 17.2. The van der Waals surface area contributed by atoms with Crippen LogP contribution >= 0.6 is 23.2 Å². The highest BCUT2D eigenvalue weighted by Gasteiger charge is 2.22. The first-order chi connectivity index (χ1) is 9.28. The van der Waals surface area contributed by atoms with Gasteiger partial charge in [-0.05, 0) is 25.1 Å². The van der Waals surface area contributed by atoms with E-state index in [4.69, 9.17) is 27.9 Å². The van der Waals surface area contributed by atoms with Crippen molar-refractivity contribution in [3.63, 3.8) is 0 Å². The van der Waals surface area contributed by atoms with E-state index in [-0.39, 0.29) is 34.5 Å². The van der Waals surface area contributed by atoms with Gasteiger partial charge in [0, 0.05) is 13.6 Å². The Morgan fingerprint density at radius 2 is 1.95 bits per heavy atom. The number of carbonyl (C=O) groups is 1. The lowest BCUT2D eigenvalue weighted by Gasteiger charge is -2.17. The smallest absolute Gasteiger partial charge is 0.307 e. The van der Waals surface area contributed by atoms with Gasteiger partial charge in [0.15, 0.2) is 0 Å². The van der Waals surface area contributed by atoms with E-state index < -0.39 is 16.0 Å². The minimum absolute atomic E-state index is 0.00904. The molecule has 0 unspecified atom stereocenters. The Morgan fingerprint density at radius 1 is 1.30 bits per heavy atom. The Balaban J connectivity index is 2.82. The summed E-state index contributed by atoms with van der Waals surface area (Å²) < 4.78 is 30.3. The lowest BCUT2D eigenvalue weighted by Crippen LogP contribution is -2.29. The van der Waals surface area contributed by atoms with Gasteiger partial charge in [-0.25, -0.2) is 12.7 Å². The van der Waals surface area contributed by atoms with E-state index >= 15 is 0 Å². The molecular weight excluding hydrogens is 325 g/mol. The molecule has 0 radical (unpaired) electrons. The number of hydrogen-bond donors (Lipinski definition) is 0. The molecular formula is C12H15Cl2NO4S. The van der Waals surface area contributed by atoms with Gasteiger partial charge in [0.05, 0.1) is 28.0 Å². The number of hydrogen-bond acceptors (Lipinski definition) is 4. The fourth-order valence-corrected chi connectivity index (χ4v) is 2.98. The number of ether oxygens (including phenoxy) is 1. The molecule has 1 rings (SSSR count). The van der Waals surface area contributed by atoms with Crippen LogP contribution in [0.25, 0.3) is 0 Å². The van der Waals surface area contributed by atoms with Crippen LogP contribution in [-0.2, 0) is 19.6 Å². The average molecular weight is 340 g/mol. The summed E-state index contributed by atoms with van der Waals surface area (Å²) >= 11 is 11.6. The summed E-state index contributed by atoms with van der Waals surface area (Å²) in [4.78, 5) is 11.3. The molecule has 0 bridgehead atoms. The van der Waals surface area contributed by atoms with Gasteiger partial charge in [-0.2, -0.15) is 0 Å². The lowest BCUT2D eigenvalue weighted by molar-refractivity contribution is -0.143. The van der Waals surface area contributed by atoms with Crippen molar-refractivity contribution < 1.29 is 17.9 Å². The lowest BCUT2D eigenvalue weighted by atomic mass is 10.4. The quantitative estimate of drug-likeness (QED) is 0.747. The first-order valence-electron chi connectivity index (χ1n) is 5.86. The largest absolute Gasteiger partial charge is 0.466 e. The number of nitrogens with zero attached hydrogens (tertiary/aromatic N) is 1. The molecule has 5 nitrogen and oxygen atoms in total. The van der Waals surface area contributed by atoms with Crippen molar-refractivity contribution in [3.8, 4) is 0 Å². The molecule has 0 saturated carbocycles. The summed E-state index contributed by atoms with van der Waals surface area (Å²) in [6.07, 6.45) is -0.00904. The minimum Gasteiger partial charge on any atom is -0.466 e. The molecule has 8 heteroatoms. The predicted octanol–water partition coefficient (Wildman–Crippen LogP) is 2.57. The monoisotopic (exact) mass is 339 g/mol. The first-order valence-corrected chi connectivity index (χ1v) is 8.05. The highest BCUT2D eigenvalue weighted by molar-refractivity contribution is 7.89. The summed E-state index contributed by atoms with van der Waals surface area (Å²) in [6.45, 7) is 1.98. The third-order valence-corrected chi connectivity index (χ3v) is 5.13. The van der Waals surface area contributed by atoms with Gasteiger partial charge in [0.1, 0.15) is 0 Å². The molecule has 0 aliphatic heterocycles. The summed E-state index contributed by atoms with van der Waals surface area (Å²) in [5.41, 5.74) is 0. The van der Waals surface area contributed by atoms with Crippen LogP contribution in [0.3, 0.4) is 0 Å². The number of carbonyl (C=O) groups excluding carboxylic acids is 1. The third kappa shape index (κ3) is 4.34. The fourth-order valence-electron chi connectivity index (χ4n) is 1.42. The highest BCUT2D eigenvalue weighted by atomic mass is 35.5. The zero-order valence-electron chi connectivity index (χ0n) is 11.1. The Bertz CT molecular complexity index is 589. The van der Waals surface area contributed by atoms with E-state index in [1.807, 2.05) is 0 Å². The van der Waals surface area contributed by atoms with Gasteiger partial charge in [-0.1, -0.05) is 23.2 Å². The fraction of sp³-hybridized carbons (Fsp3) is 0.417. The van der Waals surface area contributed by atoms with Crippen molar-refractivity contribution >= 4 is 39.2 Å². The minimum atomic E-state index is -3.71. The number of sulfonamides is 1. The van der Waals surface area contributed by atoms with Gasteiger partial charge in [0.25, 0.3) is 0 Å². The molecule has 0 N–H and O–H groups in total. The Kier molecular flexibility index (Phi) is 6.26. The predicted molar refractivity (Wildman–Crippen MR) is 77.5 cm³/mol. The van der Waals surface area contributed by atoms with E-state index in [1.165, 1.54) is 25.2 Å². The SMILES string of the molecule is CCOC(=O)CCN(C)S(=O)(=O)c1ccc(Cl)c(Cl)c1. The maximum absolute atomic E-state index is 12.2. The average Bonchev–Trinajstić information content (AvgIpc) is 2.39. The Morgan fingerprint density at radius 3 is 2.50 bits per heavy atom. The highest BCUT2D eigenvalue weighted by Crippen LogP contribution is 2.26. The van der Waals surface area contributed by atoms with Gasteiger partial charge in [-0.3, -0.25) is 4.79 Å². The van der Waals surface area contributed by atoms with Crippen LogP contribution in [0.15, 0.2) is 23.1 Å². The molecule has 0 atom stereocenters. The molecule has 0 spiro atoms. The van der Waals surface area contributed by atoms with Gasteiger partial charge >= 0.3 is 5.97 Å². The van der Waals surface area contributed by atoms with Crippen LogP contribution in [0, 0.1) is 0 Å². The van der Waals surface area contributed by atoms with Crippen LogP contribution in [-0.4, -0.2) is 38.9 Å². The molecule has 0 amide bonds. The number of rotatable bonds is 6. The summed E-state index contributed by atoms with van der Waals surface area (Å²) in [5, 5.41) is 0.436. The Labute approximate surface area is 128 Å². The summed E-state index contributed by atoms with van der Waals surface area (Å²) in [7, 11) is -2.32. The van der Waals surface area contributed by atoms with Crippen molar-refractivity contribution in [2.75, 3.05) is 20.2 Å². The molecule has 112 valence electrons. The molecule has 0 fully saturated rings. The molecule has 1 aromatic rings. The third-order valence-electron chi connectivity index (χ3n) is 2.54. The van der Waals surface area contributed by atoms with Crippen LogP contribution in [0.2, 0.25) is 10.0 Å². The van der Waals surface area contributed by atoms with Crippen LogP contribution in [0.5, 0.6) is 0 Å². The standard InChI is InChI=1S/C12H15Cl2NO4S/c1-3-19-12(16)6-7-15(2)20(17,18)9-4-5-10(13)11(14)8-9/h4-5,8H,3,6-7H2,1-2H3. The summed E-state index contributed by atoms with van der Waals surface area (Å²) in [5.74, 6) is -0.441. The van der Waals surface area contributed by atoms with Gasteiger partial charge in [0.2, 0.25) is 10.0 Å². The zero-order chi connectivity index (χ0) is 15.3. The Hall–Kier alpha value is -0.820. The van der Waals surface area contributed by atoms with E-state index in [9.17, 15) is 13.2 Å². The zero-order valence-corrected chi connectivity index (χ0v) is 13.4. The second-order valence-electron chi connectivity index (χ2n) is 3.96. The molecule has 0 aromatic heterocycles. The van der Waals surface area contributed by atoms with Crippen LogP contribution in [0.1, 0.15) is 13.3 Å². The second-order valence-corrected chi connectivity index (χ2v) is 6.82. The van der Waals surface area contributed by atoms with Crippen molar-refractivity contribution in [1.82, 2.24) is 4.31 Å². The van der Waals surface area contributed by atoms with Crippen molar-refractivity contribution in [1.29, 1.82) is 0 Å². The topological polar surface area (TPSA) is 63.7 Å². The van der Waals surface area contributed by atoms with Crippen molar-refractivity contribution in [3.05, 3.63) is 28.2 Å². The maximum Gasteiger partial charge on any atom is 0.307 e. The molecule has 0 aliphatic carbocycles. The number of esters is 1. The molecule has 0 saturated heterocycles. The number of benzene rings is 1. The van der Waals surface area contributed by atoms with Crippen LogP contribution in [0.4, 0.5) is 0 Å². The van der Waals surface area contributed by atoms with Crippen molar-refractivity contribution in [2.45, 2.75) is 18.2 Å². The molecule has 20 heavy (non-hydrogen) atoms. The van der Waals surface area contributed by atoms with E-state index in [0.717, 1.165) is 4.31 Å². The molecule has 0 heterocycles. The normalized spacial score (nSPS) is 11.7. The van der Waals surface area contributed by atoms with E-state index in [1.54, 1.807) is 6.92 Å². The van der Waals surface area contributed by atoms with E-state index in [0.29, 0.717) is 0 Å². The van der Waals surface area contributed by atoms with Gasteiger partial charge < -0.3 is 4.74 Å². The van der Waals surface area contributed by atoms with Gasteiger partial charge in [-0.15, -0.1) is 0 Å². The molecule has 1 aromatic carbocycles. The van der Waals surface area contributed by atoms with Crippen molar-refractivity contribution in [2.24, 2.45) is 0 Å². The van der Waals surface area contributed by atoms with E-state index in [2.05, 4.69) is 0 Å².